The lowest BCUT2D eigenvalue weighted by Gasteiger charge is -2.51. The van der Waals surface area contributed by atoms with Crippen LogP contribution in [0.25, 0.3) is 0 Å². The van der Waals surface area contributed by atoms with Gasteiger partial charge in [0.2, 0.25) is 5.79 Å². The molecule has 2 unspecified atom stereocenters. The van der Waals surface area contributed by atoms with Crippen LogP contribution in [-0.4, -0.2) is 93.1 Å². The third kappa shape index (κ3) is 4.12. The molecule has 42 heavy (non-hydrogen) atoms. The number of guanidine groups is 2. The van der Waals surface area contributed by atoms with Crippen LogP contribution in [0.5, 0.6) is 5.75 Å². The van der Waals surface area contributed by atoms with Gasteiger partial charge in [0.1, 0.15) is 17.5 Å². The van der Waals surface area contributed by atoms with Crippen LogP contribution in [0.15, 0.2) is 36.5 Å². The first-order chi connectivity index (χ1) is 19.8. The quantitative estimate of drug-likeness (QED) is 0.200. The molecule has 2 aromatic rings. The van der Waals surface area contributed by atoms with Gasteiger partial charge in [-0.2, -0.15) is 0 Å². The van der Waals surface area contributed by atoms with Crippen molar-refractivity contribution in [2.24, 2.45) is 0 Å². The van der Waals surface area contributed by atoms with Crippen LogP contribution in [0.4, 0.5) is 0 Å². The molecule has 1 aromatic heterocycles. The Labute approximate surface area is 242 Å². The van der Waals surface area contributed by atoms with E-state index in [4.69, 9.17) is 15.6 Å². The second-order valence-electron chi connectivity index (χ2n) is 11.9. The number of nitrogens with one attached hydrogen (secondary N) is 7. The topological polar surface area (TPSA) is 208 Å². The van der Waals surface area contributed by atoms with E-state index in [9.17, 15) is 19.8 Å². The van der Waals surface area contributed by atoms with Gasteiger partial charge in [-0.15, -0.1) is 0 Å². The van der Waals surface area contributed by atoms with Crippen molar-refractivity contribution in [3.63, 3.8) is 0 Å². The van der Waals surface area contributed by atoms with Crippen LogP contribution in [0.2, 0.25) is 0 Å². The number of hydrogen-bond acceptors (Lipinski definition) is 8. The zero-order valence-corrected chi connectivity index (χ0v) is 23.5. The smallest absolute Gasteiger partial charge is 0.269 e. The van der Waals surface area contributed by atoms with Crippen LogP contribution in [0.3, 0.4) is 0 Å². The molecule has 4 aliphatic heterocycles. The maximum atomic E-state index is 13.6. The number of aliphatic hydroxyl groups is 2. The van der Waals surface area contributed by atoms with E-state index in [-0.39, 0.29) is 41.7 Å². The lowest BCUT2D eigenvalue weighted by Crippen LogP contribution is -2.81. The third-order valence-electron chi connectivity index (χ3n) is 8.79. The molecule has 0 bridgehead atoms. The first-order valence-electron chi connectivity index (χ1n) is 13.8. The van der Waals surface area contributed by atoms with Gasteiger partial charge in [-0.3, -0.25) is 25.4 Å². The van der Waals surface area contributed by atoms with Crippen molar-refractivity contribution in [2.45, 2.75) is 62.2 Å². The number of pyridine rings is 1. The predicted octanol–water partition coefficient (Wildman–Crippen LogP) is -0.926. The largest absolute Gasteiger partial charge is 0.492 e. The highest BCUT2D eigenvalue weighted by molar-refractivity contribution is 5.98. The van der Waals surface area contributed by atoms with Crippen LogP contribution in [0, 0.1) is 17.7 Å². The van der Waals surface area contributed by atoms with Crippen molar-refractivity contribution in [3.8, 4) is 5.75 Å². The molecule has 222 valence electrons. The zero-order valence-electron chi connectivity index (χ0n) is 23.5. The van der Waals surface area contributed by atoms with Gasteiger partial charge in [-0.1, -0.05) is 32.0 Å². The van der Waals surface area contributed by atoms with E-state index in [0.29, 0.717) is 12.4 Å². The Hall–Kier alpha value is -4.43. The van der Waals surface area contributed by atoms with Gasteiger partial charge in [0.15, 0.2) is 17.6 Å². The number of carbonyl (C=O) groups is 2. The fourth-order valence-electron chi connectivity index (χ4n) is 6.43. The highest BCUT2D eigenvalue weighted by atomic mass is 16.5. The predicted molar refractivity (Wildman–Crippen MR) is 151 cm³/mol. The lowest BCUT2D eigenvalue weighted by atomic mass is 9.79. The number of carbonyl (C=O) groups excluding carboxylic acids is 2. The zero-order chi connectivity index (χ0) is 30.0. The van der Waals surface area contributed by atoms with Gasteiger partial charge in [0.05, 0.1) is 24.3 Å². The highest BCUT2D eigenvalue weighted by Crippen LogP contribution is 2.44. The van der Waals surface area contributed by atoms with Crippen molar-refractivity contribution in [1.82, 2.24) is 36.5 Å². The van der Waals surface area contributed by atoms with E-state index in [0.717, 1.165) is 17.5 Å². The molecule has 0 saturated carbocycles. The SMILES string of the molecule is Cc1ccc(C(=O)NC[C@@H]2NC(=N)N3CC(NC(=O)c4cccc5c4OCCC5(C)C)C(O)(O)[C@]34NC(=N)NC24)nc1. The van der Waals surface area contributed by atoms with Crippen LogP contribution in [-0.2, 0) is 5.41 Å². The van der Waals surface area contributed by atoms with Crippen molar-refractivity contribution in [2.75, 3.05) is 19.7 Å². The molecule has 6 rings (SSSR count). The normalized spacial score (nSPS) is 28.2. The molecular formula is C28H35N9O5. The summed E-state index contributed by atoms with van der Waals surface area (Å²) in [6, 6.07) is 5.81. The summed E-state index contributed by atoms with van der Waals surface area (Å²) in [7, 11) is 0. The Balaban J connectivity index is 1.25. The molecule has 14 nitrogen and oxygen atoms in total. The van der Waals surface area contributed by atoms with Gasteiger partial charge in [0.25, 0.3) is 11.8 Å². The Morgan fingerprint density at radius 1 is 1.17 bits per heavy atom. The maximum absolute atomic E-state index is 13.6. The minimum absolute atomic E-state index is 0.0185. The van der Waals surface area contributed by atoms with Crippen LogP contribution >= 0.6 is 0 Å². The van der Waals surface area contributed by atoms with Gasteiger partial charge in [-0.05, 0) is 36.5 Å². The van der Waals surface area contributed by atoms with Crippen LogP contribution in [0.1, 0.15) is 52.2 Å². The van der Waals surface area contributed by atoms with E-state index in [1.54, 1.807) is 30.5 Å². The molecule has 5 heterocycles. The number of aryl methyl sites for hydroxylation is 1. The van der Waals surface area contributed by atoms with Gasteiger partial charge < -0.3 is 46.4 Å². The Morgan fingerprint density at radius 3 is 2.69 bits per heavy atom. The summed E-state index contributed by atoms with van der Waals surface area (Å²) in [4.78, 5) is 31.8. The van der Waals surface area contributed by atoms with Gasteiger partial charge >= 0.3 is 0 Å². The summed E-state index contributed by atoms with van der Waals surface area (Å²) in [6.45, 7) is 6.32. The van der Waals surface area contributed by atoms with Gasteiger partial charge in [-0.25, -0.2) is 0 Å². The van der Waals surface area contributed by atoms with E-state index in [2.05, 4.69) is 45.4 Å². The molecule has 2 amide bonds. The molecular weight excluding hydrogens is 542 g/mol. The molecule has 3 fully saturated rings. The number of nitrogens with zero attached hydrogens (tertiary/aromatic N) is 2. The Kier molecular flexibility index (Phi) is 6.31. The van der Waals surface area contributed by atoms with Crippen molar-refractivity contribution in [1.29, 1.82) is 10.8 Å². The Bertz CT molecular complexity index is 1480. The standard InChI is InChI=1S/C28H35N9O5/c1-14-7-8-17(31-11-14)23(39)32-12-18-21-27(36-24(29)35-21)28(40,41)19(13-37(27)25(30)33-18)34-22(38)15-5-4-6-16-20(15)42-10-9-26(16,2)3/h4-8,11,18-19,21,40-41H,9-10,12-13H2,1-3H3,(H2,30,33)(H,32,39)(H,34,38)(H3,29,35,36)/t18-,19?,21?,27+/m0/s1. The third-order valence-corrected chi connectivity index (χ3v) is 8.79. The first kappa shape index (κ1) is 27.7. The second-order valence-corrected chi connectivity index (χ2v) is 11.9. The van der Waals surface area contributed by atoms with Crippen molar-refractivity contribution >= 4 is 23.7 Å². The number of hydrogen-bond donors (Lipinski definition) is 9. The first-order valence-corrected chi connectivity index (χ1v) is 13.8. The van der Waals surface area contributed by atoms with Crippen molar-refractivity contribution in [3.05, 3.63) is 58.9 Å². The summed E-state index contributed by atoms with van der Waals surface area (Å²) in [6.07, 6.45) is 2.38. The summed E-state index contributed by atoms with van der Waals surface area (Å²) in [5.74, 6) is -3.51. The summed E-state index contributed by atoms with van der Waals surface area (Å²) < 4.78 is 5.89. The van der Waals surface area contributed by atoms with E-state index in [1.807, 2.05) is 13.0 Å². The number of fused-ring (bicyclic) bond motifs is 1. The lowest BCUT2D eigenvalue weighted by molar-refractivity contribution is -0.232. The average molecular weight is 578 g/mol. The van der Waals surface area contributed by atoms with E-state index < -0.39 is 41.4 Å². The molecule has 0 radical (unpaired) electrons. The number of aromatic nitrogens is 1. The molecule has 4 aliphatic rings. The molecule has 0 aliphatic carbocycles. The fourth-order valence-corrected chi connectivity index (χ4v) is 6.43. The molecule has 1 spiro atoms. The summed E-state index contributed by atoms with van der Waals surface area (Å²) in [5.41, 5.74) is 0.308. The monoisotopic (exact) mass is 577 g/mol. The average Bonchev–Trinajstić information content (AvgIpc) is 3.41. The number of rotatable bonds is 5. The molecule has 1 aromatic carbocycles. The number of benzene rings is 1. The maximum Gasteiger partial charge on any atom is 0.269 e. The minimum atomic E-state index is -2.65. The number of amides is 2. The highest BCUT2D eigenvalue weighted by Gasteiger charge is 2.74. The number of para-hydroxylation sites is 1. The van der Waals surface area contributed by atoms with Crippen molar-refractivity contribution < 1.29 is 24.5 Å². The van der Waals surface area contributed by atoms with E-state index in [1.165, 1.54) is 4.90 Å². The van der Waals surface area contributed by atoms with Gasteiger partial charge in [0, 0.05) is 24.8 Å². The summed E-state index contributed by atoms with van der Waals surface area (Å²) in [5, 5.41) is 54.7. The van der Waals surface area contributed by atoms with Crippen LogP contribution < -0.4 is 31.3 Å². The van der Waals surface area contributed by atoms with E-state index >= 15 is 0 Å². The Morgan fingerprint density at radius 2 is 1.95 bits per heavy atom. The minimum Gasteiger partial charge on any atom is -0.492 e. The molecule has 3 saturated heterocycles. The molecule has 14 heteroatoms. The summed E-state index contributed by atoms with van der Waals surface area (Å²) >= 11 is 0. The second kappa shape index (κ2) is 9.56. The fraction of sp³-hybridized carbons (Fsp3) is 0.464. The molecule has 4 atom stereocenters. The number of ether oxygens (including phenoxy) is 1. The molecule has 9 N–H and O–H groups in total.